The molecule has 0 saturated carbocycles. The molecule has 492 valence electrons. The number of benzene rings is 9. The Balaban J connectivity index is 0.000000119. The lowest BCUT2D eigenvalue weighted by atomic mass is 9.49. The minimum absolute atomic E-state index is 0.304. The number of fused-ring (bicyclic) bond motifs is 9. The van der Waals surface area contributed by atoms with E-state index in [4.69, 9.17) is 37.2 Å². The normalized spacial score (nSPS) is 19.0. The summed E-state index contributed by atoms with van der Waals surface area (Å²) in [5.74, 6) is 0. The summed E-state index contributed by atoms with van der Waals surface area (Å²) in [6, 6.07) is 70.7. The van der Waals surface area contributed by atoms with Gasteiger partial charge in [0, 0.05) is 73.1 Å². The van der Waals surface area contributed by atoms with Crippen LogP contribution in [0.25, 0.3) is 82.8 Å². The van der Waals surface area contributed by atoms with Gasteiger partial charge in [0.05, 0.1) is 44.8 Å². The minimum atomic E-state index is -0.476. The molecule has 0 radical (unpaired) electrons. The average Bonchev–Trinajstić information content (AvgIpc) is 1.61. The van der Waals surface area contributed by atoms with E-state index >= 15 is 0 Å². The molecule has 0 atom stereocenters. The zero-order valence-corrected chi connectivity index (χ0v) is 65.3. The molecule has 0 amide bonds. The summed E-state index contributed by atoms with van der Waals surface area (Å²) in [5.41, 5.74) is 4.58. The first kappa shape index (κ1) is 71.1. The van der Waals surface area contributed by atoms with E-state index in [1.54, 1.807) is 0 Å². The molecule has 0 bridgehead atoms. The van der Waals surface area contributed by atoms with Crippen molar-refractivity contribution in [2.45, 2.75) is 156 Å². The molecule has 16 rings (SSSR count). The number of hydrogen-bond acceptors (Lipinski definition) is 11. The Kier molecular flexibility index (Phi) is 20.2. The molecule has 4 fully saturated rings. The Bertz CT molecular complexity index is 4660. The third-order valence-corrected chi connectivity index (χ3v) is 25.7. The minimum Gasteiger partial charge on any atom is -0.405 e. The Labute approximate surface area is 610 Å². The van der Waals surface area contributed by atoms with Crippen molar-refractivity contribution in [2.24, 2.45) is 0 Å². The molecular formula is C78H81B4Br2IO8S3. The van der Waals surface area contributed by atoms with Crippen molar-refractivity contribution in [1.82, 2.24) is 0 Å². The van der Waals surface area contributed by atoms with E-state index in [0.717, 1.165) is 19.9 Å². The maximum Gasteiger partial charge on any atom is 0.496 e. The fourth-order valence-corrected chi connectivity index (χ4v) is 16.3. The molecule has 0 N–H and O–H groups in total. The zero-order chi connectivity index (χ0) is 68.5. The standard InChI is InChI=1S/C24H23BO2S.C18H19BO2S.C18H11BrS.C12H24B2O4.C6H4BrI/c1-23(2)24(3,4)27-25(26-23)17-14-12-16(13-15-17)18-9-7-10-20-19-8-5-6-11-21(19)28-22(18)20;1-17(2)18(3,4)21-19(20-17)14-10-7-9-13-12-8-5-6-11-15(12)22-16(13)14;19-13-10-8-12(9-11-13)14-5-3-6-16-15-4-1-2-7-17(15)20-18(14)16;1-9(2)10(3,4)16-13(15-9)14-17-11(5,6)12(7,8)18-14;7-5-1-3-6(8)4-2-5/h5-15H,1-4H3;5-11H,1-4H3;1-11H;1-8H3;1-4H. The van der Waals surface area contributed by atoms with Crippen LogP contribution in [-0.2, 0) is 37.2 Å². The van der Waals surface area contributed by atoms with Gasteiger partial charge in [0.15, 0.2) is 0 Å². The van der Waals surface area contributed by atoms with Gasteiger partial charge in [-0.15, -0.1) is 34.0 Å². The third-order valence-electron chi connectivity index (χ3n) is 20.2. The van der Waals surface area contributed by atoms with Crippen molar-refractivity contribution < 1.29 is 37.2 Å². The van der Waals surface area contributed by atoms with Crippen LogP contribution in [0.5, 0.6) is 0 Å². The number of rotatable bonds is 5. The van der Waals surface area contributed by atoms with Gasteiger partial charge < -0.3 is 37.2 Å². The average molecular weight is 1570 g/mol. The molecule has 7 heterocycles. The van der Waals surface area contributed by atoms with E-state index in [2.05, 4.69) is 298 Å². The van der Waals surface area contributed by atoms with E-state index in [0.29, 0.717) is 0 Å². The fourth-order valence-electron chi connectivity index (χ4n) is 11.7. The van der Waals surface area contributed by atoms with Crippen LogP contribution in [0.1, 0.15) is 111 Å². The maximum absolute atomic E-state index is 6.24. The van der Waals surface area contributed by atoms with Crippen LogP contribution < -0.4 is 10.9 Å². The molecule has 18 heteroatoms. The van der Waals surface area contributed by atoms with Crippen LogP contribution in [0.2, 0.25) is 0 Å². The molecule has 4 saturated heterocycles. The molecule has 8 nitrogen and oxygen atoms in total. The molecule has 0 unspecified atom stereocenters. The molecule has 4 aliphatic heterocycles. The van der Waals surface area contributed by atoms with Crippen molar-refractivity contribution in [3.05, 3.63) is 213 Å². The van der Waals surface area contributed by atoms with Crippen LogP contribution in [0.3, 0.4) is 0 Å². The monoisotopic (exact) mass is 1570 g/mol. The topological polar surface area (TPSA) is 73.8 Å². The lowest BCUT2D eigenvalue weighted by Crippen LogP contribution is -2.41. The molecule has 12 aromatic rings. The SMILES string of the molecule is Brc1ccc(-c2cccc3c2sc2ccccc23)cc1.Brc1ccc(I)cc1.CC1(C)OB(B2OC(C)(C)C(C)(C)O2)OC1(C)C.CC1(C)OB(c2ccc(-c3cccc4c3sc3ccccc34)cc2)OC1(C)C.CC1(C)OB(c2cccc3c2sc2ccccc23)OC1(C)C. The van der Waals surface area contributed by atoms with Gasteiger partial charge in [0.2, 0.25) is 0 Å². The van der Waals surface area contributed by atoms with E-state index in [-0.39, 0.29) is 59.0 Å². The van der Waals surface area contributed by atoms with Crippen LogP contribution in [0.4, 0.5) is 0 Å². The van der Waals surface area contributed by atoms with Gasteiger partial charge in [-0.2, -0.15) is 0 Å². The summed E-state index contributed by atoms with van der Waals surface area (Å²) in [6.07, 6.45) is 0. The van der Waals surface area contributed by atoms with Gasteiger partial charge in [-0.25, -0.2) is 0 Å². The lowest BCUT2D eigenvalue weighted by Gasteiger charge is -2.32. The highest BCUT2D eigenvalue weighted by atomic mass is 127. The highest BCUT2D eigenvalue weighted by Crippen LogP contribution is 2.46. The largest absolute Gasteiger partial charge is 0.496 e. The van der Waals surface area contributed by atoms with E-state index < -0.39 is 14.0 Å². The predicted molar refractivity (Wildman–Crippen MR) is 427 cm³/mol. The molecular weight excluding hydrogens is 1490 g/mol. The number of halogens is 3. The van der Waals surface area contributed by atoms with Crippen LogP contribution >= 0.6 is 88.5 Å². The summed E-state index contributed by atoms with van der Waals surface area (Å²) >= 11 is 14.7. The molecule has 96 heavy (non-hydrogen) atoms. The molecule has 4 aliphatic rings. The Morgan fingerprint density at radius 2 is 0.583 bits per heavy atom. The second kappa shape index (κ2) is 27.3. The van der Waals surface area contributed by atoms with Crippen molar-refractivity contribution in [1.29, 1.82) is 0 Å². The Morgan fingerprint density at radius 1 is 0.292 bits per heavy atom. The van der Waals surface area contributed by atoms with Crippen molar-refractivity contribution in [3.8, 4) is 22.3 Å². The van der Waals surface area contributed by atoms with Gasteiger partial charge in [-0.3, -0.25) is 0 Å². The van der Waals surface area contributed by atoms with Gasteiger partial charge in [0.1, 0.15) is 0 Å². The van der Waals surface area contributed by atoms with Crippen molar-refractivity contribution >= 4 is 188 Å². The smallest absolute Gasteiger partial charge is 0.405 e. The van der Waals surface area contributed by atoms with Gasteiger partial charge in [-0.05, 0) is 221 Å². The maximum atomic E-state index is 6.24. The highest BCUT2D eigenvalue weighted by Gasteiger charge is 2.64. The third kappa shape index (κ3) is 14.3. The molecule has 0 aliphatic carbocycles. The highest BCUT2D eigenvalue weighted by molar-refractivity contribution is 14.1. The quantitative estimate of drug-likeness (QED) is 0.125. The lowest BCUT2D eigenvalue weighted by molar-refractivity contribution is 0.00578. The molecule has 0 spiro atoms. The van der Waals surface area contributed by atoms with E-state index in [9.17, 15) is 0 Å². The van der Waals surface area contributed by atoms with Gasteiger partial charge >= 0.3 is 28.3 Å². The summed E-state index contributed by atoms with van der Waals surface area (Å²) in [7, 11) is -1.58. The van der Waals surface area contributed by atoms with Crippen LogP contribution in [-0.4, -0.2) is 73.1 Å². The van der Waals surface area contributed by atoms with Crippen molar-refractivity contribution in [3.63, 3.8) is 0 Å². The summed E-state index contributed by atoms with van der Waals surface area (Å²) in [4.78, 5) is 0. The Morgan fingerprint density at radius 3 is 0.958 bits per heavy atom. The first-order valence-electron chi connectivity index (χ1n) is 32.6. The van der Waals surface area contributed by atoms with Gasteiger partial charge in [-0.1, -0.05) is 177 Å². The summed E-state index contributed by atoms with van der Waals surface area (Å²) in [5, 5.41) is 7.96. The van der Waals surface area contributed by atoms with E-state index in [1.807, 2.05) is 102 Å². The predicted octanol–water partition coefficient (Wildman–Crippen LogP) is 22.2. The molecule has 9 aromatic carbocycles. The Hall–Kier alpha value is -4.73. The second-order valence-electron chi connectivity index (χ2n) is 28.9. The fraction of sp³-hybridized carbons (Fsp3) is 0.308. The van der Waals surface area contributed by atoms with Crippen LogP contribution in [0.15, 0.2) is 209 Å². The number of thiophene rings is 3. The second-order valence-corrected chi connectivity index (χ2v) is 35.1. The van der Waals surface area contributed by atoms with Crippen LogP contribution in [0, 0.1) is 3.57 Å². The van der Waals surface area contributed by atoms with Crippen molar-refractivity contribution in [2.75, 3.05) is 0 Å². The number of hydrogen-bond donors (Lipinski definition) is 0. The van der Waals surface area contributed by atoms with E-state index in [1.165, 1.54) is 86.3 Å². The summed E-state index contributed by atoms with van der Waals surface area (Å²) < 4.78 is 60.2. The molecule has 3 aromatic heterocycles. The van der Waals surface area contributed by atoms with Gasteiger partial charge in [0.25, 0.3) is 0 Å². The summed E-state index contributed by atoms with van der Waals surface area (Å²) in [6.45, 7) is 32.9. The first-order chi connectivity index (χ1) is 45.2. The zero-order valence-electron chi connectivity index (χ0n) is 57.5. The first-order valence-corrected chi connectivity index (χ1v) is 37.8.